The van der Waals surface area contributed by atoms with Crippen molar-refractivity contribution in [2.24, 2.45) is 0 Å². The van der Waals surface area contributed by atoms with Gasteiger partial charge in [-0.25, -0.2) is 4.98 Å². The molecular weight excluding hydrogens is 256 g/mol. The number of ether oxygens (including phenoxy) is 1. The van der Waals surface area contributed by atoms with Gasteiger partial charge in [0, 0.05) is 12.3 Å². The molecule has 0 aromatic carbocycles. The Bertz CT molecular complexity index is 470. The Labute approximate surface area is 120 Å². The molecule has 1 N–H and O–H groups in total. The van der Waals surface area contributed by atoms with Crippen molar-refractivity contribution in [2.45, 2.75) is 64.4 Å². The highest BCUT2D eigenvalue weighted by atomic mass is 32.1. The Kier molecular flexibility index (Phi) is 4.74. The van der Waals surface area contributed by atoms with Crippen LogP contribution in [0, 0.1) is 4.64 Å². The summed E-state index contributed by atoms with van der Waals surface area (Å²) in [5.41, 5.74) is 0.908. The molecule has 1 aromatic rings. The monoisotopic (exact) mass is 280 g/mol. The van der Waals surface area contributed by atoms with Crippen LogP contribution in [-0.4, -0.2) is 16.6 Å². The molecule has 1 heterocycles. The lowest BCUT2D eigenvalue weighted by Crippen LogP contribution is -2.35. The maximum Gasteiger partial charge on any atom is 0.140 e. The van der Waals surface area contributed by atoms with Crippen molar-refractivity contribution in [1.29, 1.82) is 0 Å². The molecule has 0 atom stereocenters. The molecule has 0 amide bonds. The summed E-state index contributed by atoms with van der Waals surface area (Å²) >= 11 is 5.32. The number of rotatable bonds is 4. The molecule has 4 heteroatoms. The first-order chi connectivity index (χ1) is 9.07. The lowest BCUT2D eigenvalue weighted by molar-refractivity contribution is -0.0769. The highest BCUT2D eigenvalue weighted by Gasteiger charge is 2.37. The van der Waals surface area contributed by atoms with E-state index in [1.165, 1.54) is 19.3 Å². The van der Waals surface area contributed by atoms with E-state index < -0.39 is 0 Å². The van der Waals surface area contributed by atoms with E-state index in [2.05, 4.69) is 30.7 Å². The van der Waals surface area contributed by atoms with E-state index in [9.17, 15) is 0 Å². The fourth-order valence-electron chi connectivity index (χ4n) is 2.85. The SMILES string of the molecule is CCOC1(c2nc(=S)cc(C(C)C)[nH]2)CCCCC1. The number of H-pyrrole nitrogens is 1. The van der Waals surface area contributed by atoms with Crippen LogP contribution in [-0.2, 0) is 10.3 Å². The molecule has 0 radical (unpaired) electrons. The predicted octanol–water partition coefficient (Wildman–Crippen LogP) is 4.46. The Morgan fingerprint density at radius 1 is 1.37 bits per heavy atom. The van der Waals surface area contributed by atoms with Crippen LogP contribution in [0.1, 0.15) is 70.3 Å². The zero-order valence-electron chi connectivity index (χ0n) is 12.2. The predicted molar refractivity (Wildman–Crippen MR) is 79.9 cm³/mol. The molecule has 1 aliphatic rings. The molecular formula is C15H24N2OS. The number of nitrogens with zero attached hydrogens (tertiary/aromatic N) is 1. The maximum atomic E-state index is 6.11. The van der Waals surface area contributed by atoms with Gasteiger partial charge in [-0.15, -0.1) is 0 Å². The normalized spacial score (nSPS) is 18.7. The van der Waals surface area contributed by atoms with Gasteiger partial charge < -0.3 is 9.72 Å². The minimum atomic E-state index is -0.245. The fraction of sp³-hybridized carbons (Fsp3) is 0.733. The summed E-state index contributed by atoms with van der Waals surface area (Å²) in [6.45, 7) is 7.10. The summed E-state index contributed by atoms with van der Waals surface area (Å²) < 4.78 is 6.77. The van der Waals surface area contributed by atoms with Crippen LogP contribution < -0.4 is 0 Å². The van der Waals surface area contributed by atoms with Crippen molar-refractivity contribution in [1.82, 2.24) is 9.97 Å². The number of hydrogen-bond donors (Lipinski definition) is 1. The molecule has 0 unspecified atom stereocenters. The molecule has 0 spiro atoms. The summed E-state index contributed by atoms with van der Waals surface area (Å²) in [4.78, 5) is 8.04. The van der Waals surface area contributed by atoms with Crippen LogP contribution in [0.15, 0.2) is 6.07 Å². The molecule has 1 aromatic heterocycles. The van der Waals surface area contributed by atoms with Gasteiger partial charge in [0.25, 0.3) is 0 Å². The van der Waals surface area contributed by atoms with Gasteiger partial charge in [0.1, 0.15) is 16.1 Å². The van der Waals surface area contributed by atoms with Crippen LogP contribution in [0.5, 0.6) is 0 Å². The van der Waals surface area contributed by atoms with Gasteiger partial charge in [-0.1, -0.05) is 45.3 Å². The molecule has 106 valence electrons. The van der Waals surface area contributed by atoms with Crippen LogP contribution >= 0.6 is 12.2 Å². The summed E-state index contributed by atoms with van der Waals surface area (Å²) in [5, 5.41) is 0. The molecule has 0 saturated heterocycles. The van der Waals surface area contributed by atoms with E-state index in [1.807, 2.05) is 6.07 Å². The van der Waals surface area contributed by atoms with Crippen LogP contribution in [0.2, 0.25) is 0 Å². The average Bonchev–Trinajstić information content (AvgIpc) is 2.39. The van der Waals surface area contributed by atoms with Gasteiger partial charge in [-0.05, 0) is 31.7 Å². The molecule has 3 nitrogen and oxygen atoms in total. The van der Waals surface area contributed by atoms with E-state index >= 15 is 0 Å². The molecule has 19 heavy (non-hydrogen) atoms. The molecule has 0 aliphatic heterocycles. The Hall–Kier alpha value is -0.740. The lowest BCUT2D eigenvalue weighted by atomic mass is 9.83. The summed E-state index contributed by atoms with van der Waals surface area (Å²) in [6, 6.07) is 1.96. The van der Waals surface area contributed by atoms with E-state index in [0.717, 1.165) is 24.4 Å². The minimum absolute atomic E-state index is 0.245. The van der Waals surface area contributed by atoms with E-state index in [4.69, 9.17) is 17.0 Å². The highest BCUT2D eigenvalue weighted by molar-refractivity contribution is 7.71. The third kappa shape index (κ3) is 3.23. The summed E-state index contributed by atoms with van der Waals surface area (Å²) in [7, 11) is 0. The maximum absolute atomic E-state index is 6.11. The summed E-state index contributed by atoms with van der Waals surface area (Å²) in [6.07, 6.45) is 5.78. The first-order valence-corrected chi connectivity index (χ1v) is 7.74. The number of nitrogens with one attached hydrogen (secondary N) is 1. The Morgan fingerprint density at radius 2 is 2.05 bits per heavy atom. The second kappa shape index (κ2) is 6.14. The molecule has 2 rings (SSSR count). The van der Waals surface area contributed by atoms with E-state index in [0.29, 0.717) is 17.2 Å². The number of hydrogen-bond acceptors (Lipinski definition) is 3. The molecule has 1 fully saturated rings. The number of aromatic amines is 1. The van der Waals surface area contributed by atoms with Crippen molar-refractivity contribution < 1.29 is 4.74 Å². The van der Waals surface area contributed by atoms with Gasteiger partial charge in [0.15, 0.2) is 0 Å². The zero-order chi connectivity index (χ0) is 13.9. The van der Waals surface area contributed by atoms with Crippen molar-refractivity contribution in [2.75, 3.05) is 6.61 Å². The van der Waals surface area contributed by atoms with E-state index in [-0.39, 0.29) is 5.60 Å². The van der Waals surface area contributed by atoms with Crippen molar-refractivity contribution >= 4 is 12.2 Å². The zero-order valence-corrected chi connectivity index (χ0v) is 13.0. The quantitative estimate of drug-likeness (QED) is 0.828. The van der Waals surface area contributed by atoms with Gasteiger partial charge in [0.05, 0.1) is 0 Å². The van der Waals surface area contributed by atoms with Crippen LogP contribution in [0.4, 0.5) is 0 Å². The third-order valence-electron chi connectivity index (χ3n) is 3.90. The smallest absolute Gasteiger partial charge is 0.140 e. The fourth-order valence-corrected chi connectivity index (χ4v) is 3.07. The second-order valence-corrected chi connectivity index (χ2v) is 6.08. The largest absolute Gasteiger partial charge is 0.367 e. The van der Waals surface area contributed by atoms with Gasteiger partial charge in [-0.2, -0.15) is 0 Å². The Morgan fingerprint density at radius 3 is 2.63 bits per heavy atom. The van der Waals surface area contributed by atoms with Crippen LogP contribution in [0.3, 0.4) is 0 Å². The topological polar surface area (TPSA) is 37.9 Å². The van der Waals surface area contributed by atoms with Crippen molar-refractivity contribution in [3.8, 4) is 0 Å². The minimum Gasteiger partial charge on any atom is -0.367 e. The van der Waals surface area contributed by atoms with Crippen LogP contribution in [0.25, 0.3) is 0 Å². The molecule has 1 aliphatic carbocycles. The second-order valence-electron chi connectivity index (χ2n) is 5.67. The first kappa shape index (κ1) is 14.7. The van der Waals surface area contributed by atoms with Gasteiger partial charge in [-0.3, -0.25) is 0 Å². The third-order valence-corrected chi connectivity index (χ3v) is 4.11. The van der Waals surface area contributed by atoms with Gasteiger partial charge >= 0.3 is 0 Å². The van der Waals surface area contributed by atoms with E-state index in [1.54, 1.807) is 0 Å². The number of aromatic nitrogens is 2. The van der Waals surface area contributed by atoms with Crippen molar-refractivity contribution in [3.05, 3.63) is 22.2 Å². The first-order valence-electron chi connectivity index (χ1n) is 7.33. The molecule has 1 saturated carbocycles. The Balaban J connectivity index is 2.43. The lowest BCUT2D eigenvalue weighted by Gasteiger charge is -2.36. The standard InChI is InChI=1S/C15H24N2OS/c1-4-18-15(8-6-5-7-9-15)14-16-12(11(2)3)10-13(19)17-14/h10-11H,4-9H2,1-3H3,(H,16,17,19). The molecule has 0 bridgehead atoms. The average molecular weight is 280 g/mol. The summed E-state index contributed by atoms with van der Waals surface area (Å²) in [5.74, 6) is 1.36. The van der Waals surface area contributed by atoms with Crippen molar-refractivity contribution in [3.63, 3.8) is 0 Å². The highest BCUT2D eigenvalue weighted by Crippen LogP contribution is 2.39. The van der Waals surface area contributed by atoms with Gasteiger partial charge in [0.2, 0.25) is 0 Å².